The van der Waals surface area contributed by atoms with Gasteiger partial charge in [-0.1, -0.05) is 19.3 Å². The highest BCUT2D eigenvalue weighted by atomic mass is 16.2. The molecule has 1 unspecified atom stereocenters. The summed E-state index contributed by atoms with van der Waals surface area (Å²) in [5, 5.41) is 0. The molecule has 4 rings (SSSR count). The second-order valence-electron chi connectivity index (χ2n) is 8.55. The van der Waals surface area contributed by atoms with Crippen molar-refractivity contribution in [1.29, 1.82) is 0 Å². The van der Waals surface area contributed by atoms with Crippen molar-refractivity contribution in [2.75, 3.05) is 26.2 Å². The molecule has 5 nitrogen and oxygen atoms in total. The van der Waals surface area contributed by atoms with Crippen molar-refractivity contribution in [3.63, 3.8) is 0 Å². The molecule has 1 aliphatic carbocycles. The Bertz CT molecular complexity index is 607. The molecule has 0 N–H and O–H groups in total. The lowest BCUT2D eigenvalue weighted by atomic mass is 9.77. The van der Waals surface area contributed by atoms with Crippen LogP contribution in [0.3, 0.4) is 0 Å². The van der Waals surface area contributed by atoms with Crippen LogP contribution in [-0.4, -0.2) is 51.4 Å². The molecule has 3 fully saturated rings. The summed E-state index contributed by atoms with van der Waals surface area (Å²) >= 11 is 0. The number of hydrogen-bond acceptors (Lipinski definition) is 3. The zero-order valence-corrected chi connectivity index (χ0v) is 15.6. The summed E-state index contributed by atoms with van der Waals surface area (Å²) in [6.45, 7) is 4.80. The van der Waals surface area contributed by atoms with E-state index in [0.717, 1.165) is 57.3 Å². The molecule has 0 radical (unpaired) electrons. The molecule has 5 heteroatoms. The van der Waals surface area contributed by atoms with Gasteiger partial charge in [0.25, 0.3) is 0 Å². The minimum absolute atomic E-state index is 0.113. The maximum Gasteiger partial charge on any atom is 0.230 e. The highest BCUT2D eigenvalue weighted by Gasteiger charge is 2.48. The Kier molecular flexibility index (Phi) is 4.85. The lowest BCUT2D eigenvalue weighted by Crippen LogP contribution is -2.51. The molecule has 1 saturated carbocycles. The number of aryl methyl sites for hydroxylation is 1. The van der Waals surface area contributed by atoms with Crippen molar-refractivity contribution in [2.45, 2.75) is 57.9 Å². The van der Waals surface area contributed by atoms with E-state index in [1.807, 2.05) is 19.4 Å². The van der Waals surface area contributed by atoms with Crippen LogP contribution < -0.4 is 0 Å². The fraction of sp³-hybridized carbons (Fsp3) is 0.800. The molecular weight excluding hydrogens is 312 g/mol. The molecule has 3 heterocycles. The first-order valence-electron chi connectivity index (χ1n) is 10.1. The van der Waals surface area contributed by atoms with E-state index >= 15 is 0 Å². The highest BCUT2D eigenvalue weighted by molar-refractivity contribution is 5.84. The summed E-state index contributed by atoms with van der Waals surface area (Å²) in [5.41, 5.74) is -0.113. The van der Waals surface area contributed by atoms with E-state index in [9.17, 15) is 4.79 Å². The van der Waals surface area contributed by atoms with Crippen molar-refractivity contribution in [2.24, 2.45) is 18.4 Å². The normalized spacial score (nSPS) is 29.0. The Balaban J connectivity index is 1.39. The number of piperidine rings is 1. The van der Waals surface area contributed by atoms with Gasteiger partial charge >= 0.3 is 0 Å². The first-order valence-corrected chi connectivity index (χ1v) is 10.1. The van der Waals surface area contributed by atoms with Crippen LogP contribution in [0, 0.1) is 11.3 Å². The predicted molar refractivity (Wildman–Crippen MR) is 97.9 cm³/mol. The third kappa shape index (κ3) is 3.48. The van der Waals surface area contributed by atoms with Crippen LogP contribution in [0.15, 0.2) is 12.4 Å². The SMILES string of the molecule is Cn1ccnc1CN1CCC2(CCCN(CC3CCCCC3)C2=O)C1. The van der Waals surface area contributed by atoms with Crippen molar-refractivity contribution >= 4 is 5.91 Å². The van der Waals surface area contributed by atoms with Crippen molar-refractivity contribution in [1.82, 2.24) is 19.4 Å². The van der Waals surface area contributed by atoms with Crippen molar-refractivity contribution in [3.8, 4) is 0 Å². The second-order valence-corrected chi connectivity index (χ2v) is 8.55. The van der Waals surface area contributed by atoms with Gasteiger partial charge in [0, 0.05) is 39.1 Å². The Morgan fingerprint density at radius 3 is 2.76 bits per heavy atom. The maximum absolute atomic E-state index is 13.3. The number of rotatable bonds is 4. The molecule has 2 saturated heterocycles. The summed E-state index contributed by atoms with van der Waals surface area (Å²) in [6.07, 6.45) is 13.9. The van der Waals surface area contributed by atoms with Gasteiger partial charge in [-0.05, 0) is 44.6 Å². The third-order valence-electron chi connectivity index (χ3n) is 6.75. The number of likely N-dealkylation sites (tertiary alicyclic amines) is 2. The lowest BCUT2D eigenvalue weighted by molar-refractivity contribution is -0.146. The van der Waals surface area contributed by atoms with Gasteiger partial charge in [-0.25, -0.2) is 4.98 Å². The standard InChI is InChI=1S/C20H32N4O/c1-22-13-10-21-18(22)15-23-12-9-20(16-23)8-5-11-24(19(20)25)14-17-6-3-2-4-7-17/h10,13,17H,2-9,11-12,14-16H2,1H3. The van der Waals surface area contributed by atoms with E-state index in [1.165, 1.54) is 38.5 Å². The van der Waals surface area contributed by atoms with Gasteiger partial charge in [0.1, 0.15) is 5.82 Å². The summed E-state index contributed by atoms with van der Waals surface area (Å²) < 4.78 is 2.09. The average molecular weight is 345 g/mol. The number of carbonyl (C=O) groups excluding carboxylic acids is 1. The van der Waals surface area contributed by atoms with Gasteiger partial charge in [0.15, 0.2) is 0 Å². The summed E-state index contributed by atoms with van der Waals surface area (Å²) in [7, 11) is 2.05. The van der Waals surface area contributed by atoms with Crippen LogP contribution in [0.1, 0.15) is 57.2 Å². The lowest BCUT2D eigenvalue weighted by Gasteiger charge is -2.41. The van der Waals surface area contributed by atoms with E-state index in [4.69, 9.17) is 0 Å². The number of imidazole rings is 1. The number of carbonyl (C=O) groups is 1. The minimum atomic E-state index is -0.113. The van der Waals surface area contributed by atoms with E-state index in [0.29, 0.717) is 5.91 Å². The predicted octanol–water partition coefficient (Wildman–Crippen LogP) is 2.81. The zero-order chi connectivity index (χ0) is 17.3. The van der Waals surface area contributed by atoms with Gasteiger partial charge in [0.05, 0.1) is 12.0 Å². The second kappa shape index (κ2) is 7.10. The van der Waals surface area contributed by atoms with Crippen LogP contribution in [0.25, 0.3) is 0 Å². The van der Waals surface area contributed by atoms with Gasteiger partial charge in [-0.2, -0.15) is 0 Å². The van der Waals surface area contributed by atoms with Gasteiger partial charge in [-0.3, -0.25) is 9.69 Å². The molecule has 3 aliphatic rings. The van der Waals surface area contributed by atoms with E-state index in [-0.39, 0.29) is 5.41 Å². The Hall–Kier alpha value is -1.36. The minimum Gasteiger partial charge on any atom is -0.342 e. The third-order valence-corrected chi connectivity index (χ3v) is 6.75. The van der Waals surface area contributed by atoms with Gasteiger partial charge in [0.2, 0.25) is 5.91 Å². The Labute approximate surface area is 151 Å². The summed E-state index contributed by atoms with van der Waals surface area (Å²) in [6, 6.07) is 0. The van der Waals surface area contributed by atoms with E-state index in [2.05, 4.69) is 19.4 Å². The molecule has 1 aromatic heterocycles. The number of aromatic nitrogens is 2. The average Bonchev–Trinajstić information content (AvgIpc) is 3.21. The number of nitrogens with zero attached hydrogens (tertiary/aromatic N) is 4. The molecule has 1 amide bonds. The Morgan fingerprint density at radius 1 is 1.16 bits per heavy atom. The van der Waals surface area contributed by atoms with Crippen LogP contribution in [0.2, 0.25) is 0 Å². The number of amides is 1. The zero-order valence-electron chi connectivity index (χ0n) is 15.6. The Morgan fingerprint density at radius 2 is 2.00 bits per heavy atom. The fourth-order valence-corrected chi connectivity index (χ4v) is 5.23. The highest BCUT2D eigenvalue weighted by Crippen LogP contribution is 2.41. The molecule has 1 spiro atoms. The van der Waals surface area contributed by atoms with Crippen LogP contribution >= 0.6 is 0 Å². The van der Waals surface area contributed by atoms with Crippen LogP contribution in [-0.2, 0) is 18.4 Å². The van der Waals surface area contributed by atoms with Gasteiger partial charge < -0.3 is 9.47 Å². The van der Waals surface area contributed by atoms with Crippen molar-refractivity contribution < 1.29 is 4.79 Å². The fourth-order valence-electron chi connectivity index (χ4n) is 5.23. The van der Waals surface area contributed by atoms with Gasteiger partial charge in [-0.15, -0.1) is 0 Å². The largest absolute Gasteiger partial charge is 0.342 e. The van der Waals surface area contributed by atoms with Crippen molar-refractivity contribution in [3.05, 3.63) is 18.2 Å². The van der Waals surface area contributed by atoms with Crippen LogP contribution in [0.4, 0.5) is 0 Å². The molecule has 2 aliphatic heterocycles. The van der Waals surface area contributed by atoms with Crippen LogP contribution in [0.5, 0.6) is 0 Å². The summed E-state index contributed by atoms with van der Waals surface area (Å²) in [5.74, 6) is 2.30. The smallest absolute Gasteiger partial charge is 0.230 e. The molecule has 0 aromatic carbocycles. The van der Waals surface area contributed by atoms with E-state index in [1.54, 1.807) is 0 Å². The molecule has 1 aromatic rings. The molecule has 0 bridgehead atoms. The van der Waals surface area contributed by atoms with E-state index < -0.39 is 0 Å². The molecule has 25 heavy (non-hydrogen) atoms. The molecule has 1 atom stereocenters. The molecular formula is C20H32N4O. The quantitative estimate of drug-likeness (QED) is 0.843. The first-order chi connectivity index (χ1) is 12.2. The first kappa shape index (κ1) is 17.1. The monoisotopic (exact) mass is 344 g/mol. The maximum atomic E-state index is 13.3. The molecule has 138 valence electrons. The summed E-state index contributed by atoms with van der Waals surface area (Å²) in [4.78, 5) is 22.4. The number of hydrogen-bond donors (Lipinski definition) is 0. The topological polar surface area (TPSA) is 41.4 Å².